The first-order valence-corrected chi connectivity index (χ1v) is 4.18. The van der Waals surface area contributed by atoms with E-state index in [0.29, 0.717) is 12.1 Å². The molecule has 1 N–H and O–H groups in total. The number of hydrogen-bond donors (Lipinski definition) is 1. The van der Waals surface area contributed by atoms with Crippen LogP contribution in [0.3, 0.4) is 0 Å². The maximum absolute atomic E-state index is 12.8. The standard InChI is InChI=1S/C7H6BrClFN/c8-6-1-2-7(10)5(3-6)4-11-9/h1-3,11H,4H2. The summed E-state index contributed by atoms with van der Waals surface area (Å²) in [6.45, 7) is 0.326. The van der Waals surface area contributed by atoms with Gasteiger partial charge >= 0.3 is 0 Å². The molecule has 0 aliphatic heterocycles. The Morgan fingerprint density at radius 3 is 2.91 bits per heavy atom. The molecule has 0 heterocycles. The highest BCUT2D eigenvalue weighted by molar-refractivity contribution is 9.10. The fourth-order valence-electron chi connectivity index (χ4n) is 0.751. The van der Waals surface area contributed by atoms with Crippen LogP contribution < -0.4 is 4.84 Å². The zero-order chi connectivity index (χ0) is 8.27. The average Bonchev–Trinajstić information content (AvgIpc) is 1.98. The molecule has 1 aromatic rings. The second kappa shape index (κ2) is 4.04. The third-order valence-electron chi connectivity index (χ3n) is 1.27. The van der Waals surface area contributed by atoms with Gasteiger partial charge in [0.25, 0.3) is 0 Å². The van der Waals surface area contributed by atoms with E-state index in [1.54, 1.807) is 12.1 Å². The number of benzene rings is 1. The van der Waals surface area contributed by atoms with Crippen molar-refractivity contribution < 1.29 is 4.39 Å². The highest BCUT2D eigenvalue weighted by Gasteiger charge is 2.00. The molecule has 0 fully saturated rings. The summed E-state index contributed by atoms with van der Waals surface area (Å²) in [4.78, 5) is 2.36. The van der Waals surface area contributed by atoms with Gasteiger partial charge in [-0.05, 0) is 30.0 Å². The zero-order valence-corrected chi connectivity index (χ0v) is 7.91. The second-order valence-electron chi connectivity index (χ2n) is 2.05. The molecule has 60 valence electrons. The Morgan fingerprint density at radius 1 is 1.55 bits per heavy atom. The number of hydrogen-bond acceptors (Lipinski definition) is 1. The van der Waals surface area contributed by atoms with Gasteiger partial charge in [0.2, 0.25) is 0 Å². The summed E-state index contributed by atoms with van der Waals surface area (Å²) < 4.78 is 13.7. The summed E-state index contributed by atoms with van der Waals surface area (Å²) in [7, 11) is 0. The molecule has 1 nitrogen and oxygen atoms in total. The normalized spacial score (nSPS) is 10.1. The Bertz CT molecular complexity index is 254. The van der Waals surface area contributed by atoms with Crippen LogP contribution in [0.4, 0.5) is 4.39 Å². The van der Waals surface area contributed by atoms with E-state index in [2.05, 4.69) is 20.8 Å². The Balaban J connectivity index is 2.93. The second-order valence-corrected chi connectivity index (χ2v) is 3.23. The summed E-state index contributed by atoms with van der Waals surface area (Å²) in [6, 6.07) is 4.73. The Hall–Kier alpha value is -0.120. The van der Waals surface area contributed by atoms with Gasteiger partial charge in [0.1, 0.15) is 5.82 Å². The van der Waals surface area contributed by atoms with Crippen LogP contribution in [0.1, 0.15) is 5.56 Å². The lowest BCUT2D eigenvalue weighted by molar-refractivity contribution is 0.607. The van der Waals surface area contributed by atoms with Crippen LogP contribution in [-0.2, 0) is 6.54 Å². The summed E-state index contributed by atoms with van der Waals surface area (Å²) in [5.74, 6) is -0.249. The van der Waals surface area contributed by atoms with Crippen LogP contribution in [-0.4, -0.2) is 0 Å². The van der Waals surface area contributed by atoms with E-state index < -0.39 is 0 Å². The monoisotopic (exact) mass is 237 g/mol. The first kappa shape index (κ1) is 8.97. The molecule has 0 aliphatic rings. The van der Waals surface area contributed by atoms with Crippen LogP contribution in [0.5, 0.6) is 0 Å². The van der Waals surface area contributed by atoms with E-state index in [9.17, 15) is 4.39 Å². The lowest BCUT2D eigenvalue weighted by Gasteiger charge is -2.00. The Labute approximate surface area is 77.8 Å². The van der Waals surface area contributed by atoms with Crippen LogP contribution in [0.15, 0.2) is 22.7 Å². The highest BCUT2D eigenvalue weighted by atomic mass is 79.9. The average molecular weight is 238 g/mol. The van der Waals surface area contributed by atoms with E-state index in [-0.39, 0.29) is 5.82 Å². The SMILES string of the molecule is Fc1ccc(Br)cc1CNCl. The van der Waals surface area contributed by atoms with Crippen LogP contribution in [0.25, 0.3) is 0 Å². The lowest BCUT2D eigenvalue weighted by atomic mass is 10.2. The van der Waals surface area contributed by atoms with Gasteiger partial charge in [-0.3, -0.25) is 0 Å². The summed E-state index contributed by atoms with van der Waals surface area (Å²) >= 11 is 8.46. The number of halogens is 3. The Kier molecular flexibility index (Phi) is 3.30. The molecule has 11 heavy (non-hydrogen) atoms. The van der Waals surface area contributed by atoms with Gasteiger partial charge in [-0.1, -0.05) is 15.9 Å². The maximum Gasteiger partial charge on any atom is 0.127 e. The van der Waals surface area contributed by atoms with Crippen molar-refractivity contribution in [2.45, 2.75) is 6.54 Å². The molecule has 1 aromatic carbocycles. The summed E-state index contributed by atoms with van der Waals surface area (Å²) in [5, 5.41) is 0. The molecule has 0 unspecified atom stereocenters. The third kappa shape index (κ3) is 2.43. The predicted molar refractivity (Wildman–Crippen MR) is 46.8 cm³/mol. The van der Waals surface area contributed by atoms with Crippen LogP contribution in [0, 0.1) is 5.82 Å². The van der Waals surface area contributed by atoms with Crippen molar-refractivity contribution in [3.8, 4) is 0 Å². The molecule has 0 saturated carbocycles. The van der Waals surface area contributed by atoms with Gasteiger partial charge in [-0.2, -0.15) is 0 Å². The van der Waals surface area contributed by atoms with E-state index in [1.165, 1.54) is 6.07 Å². The van der Waals surface area contributed by atoms with Gasteiger partial charge in [-0.15, -0.1) is 0 Å². The first-order chi connectivity index (χ1) is 5.24. The van der Waals surface area contributed by atoms with E-state index in [1.807, 2.05) is 0 Å². The lowest BCUT2D eigenvalue weighted by Crippen LogP contribution is -2.00. The smallest absolute Gasteiger partial charge is 0.127 e. The minimum atomic E-state index is -0.249. The molecule has 0 amide bonds. The summed E-state index contributed by atoms with van der Waals surface area (Å²) in [5.41, 5.74) is 0.550. The largest absolute Gasteiger partial charge is 0.229 e. The van der Waals surface area contributed by atoms with Crippen molar-refractivity contribution in [3.05, 3.63) is 34.1 Å². The molecule has 0 radical (unpaired) electrons. The first-order valence-electron chi connectivity index (χ1n) is 3.01. The molecule has 0 aromatic heterocycles. The van der Waals surface area contributed by atoms with Crippen molar-refractivity contribution in [2.24, 2.45) is 0 Å². The molecular weight excluding hydrogens is 232 g/mol. The Morgan fingerprint density at radius 2 is 2.27 bits per heavy atom. The fraction of sp³-hybridized carbons (Fsp3) is 0.143. The van der Waals surface area contributed by atoms with Crippen molar-refractivity contribution in [3.63, 3.8) is 0 Å². The van der Waals surface area contributed by atoms with E-state index in [0.717, 1.165) is 4.47 Å². The maximum atomic E-state index is 12.8. The molecule has 4 heteroatoms. The number of rotatable bonds is 2. The summed E-state index contributed by atoms with van der Waals surface area (Å²) in [6.07, 6.45) is 0. The predicted octanol–water partition coefficient (Wildman–Crippen LogP) is 2.83. The molecule has 0 aliphatic carbocycles. The van der Waals surface area contributed by atoms with Crippen LogP contribution >= 0.6 is 27.7 Å². The van der Waals surface area contributed by atoms with Gasteiger partial charge in [0, 0.05) is 16.6 Å². The molecule has 0 atom stereocenters. The van der Waals surface area contributed by atoms with Crippen LogP contribution in [0.2, 0.25) is 0 Å². The molecule has 0 spiro atoms. The van der Waals surface area contributed by atoms with Crippen molar-refractivity contribution in [1.29, 1.82) is 0 Å². The van der Waals surface area contributed by atoms with Gasteiger partial charge < -0.3 is 0 Å². The highest BCUT2D eigenvalue weighted by Crippen LogP contribution is 2.15. The van der Waals surface area contributed by atoms with Gasteiger partial charge in [-0.25, -0.2) is 9.23 Å². The van der Waals surface area contributed by atoms with Crippen molar-refractivity contribution in [2.75, 3.05) is 0 Å². The molecule has 1 rings (SSSR count). The molecule has 0 saturated heterocycles. The van der Waals surface area contributed by atoms with Gasteiger partial charge in [0.15, 0.2) is 0 Å². The van der Waals surface area contributed by atoms with Crippen molar-refractivity contribution >= 4 is 27.7 Å². The van der Waals surface area contributed by atoms with Gasteiger partial charge in [0.05, 0.1) is 0 Å². The minimum absolute atomic E-state index is 0.249. The minimum Gasteiger partial charge on any atom is -0.229 e. The fourth-order valence-corrected chi connectivity index (χ4v) is 1.30. The third-order valence-corrected chi connectivity index (χ3v) is 1.89. The zero-order valence-electron chi connectivity index (χ0n) is 5.57. The van der Waals surface area contributed by atoms with E-state index >= 15 is 0 Å². The topological polar surface area (TPSA) is 12.0 Å². The van der Waals surface area contributed by atoms with Crippen molar-refractivity contribution in [1.82, 2.24) is 4.84 Å². The number of nitrogens with one attached hydrogen (secondary N) is 1. The molecule has 0 bridgehead atoms. The molecular formula is C7H6BrClFN. The van der Waals surface area contributed by atoms with E-state index in [4.69, 9.17) is 11.8 Å². The quantitative estimate of drug-likeness (QED) is 0.781.